The van der Waals surface area contributed by atoms with Crippen molar-refractivity contribution in [1.29, 1.82) is 0 Å². The molecule has 3 N–H and O–H groups in total. The highest BCUT2D eigenvalue weighted by Crippen LogP contribution is 2.38. The van der Waals surface area contributed by atoms with Crippen molar-refractivity contribution in [3.63, 3.8) is 0 Å². The molecule has 0 saturated carbocycles. The second-order valence-electron chi connectivity index (χ2n) is 9.30. The molecule has 0 bridgehead atoms. The quantitative estimate of drug-likeness (QED) is 0.230. The number of nitrogens with one attached hydrogen (secondary N) is 2. The number of benzene rings is 3. The number of rotatable bonds is 7. The van der Waals surface area contributed by atoms with E-state index in [1.54, 1.807) is 4.90 Å². The van der Waals surface area contributed by atoms with E-state index in [1.807, 2.05) is 78.2 Å². The van der Waals surface area contributed by atoms with Gasteiger partial charge in [-0.1, -0.05) is 42.5 Å². The van der Waals surface area contributed by atoms with Crippen LogP contribution in [0.2, 0.25) is 0 Å². The third-order valence-electron chi connectivity index (χ3n) is 6.77. The Morgan fingerprint density at radius 1 is 1.05 bits per heavy atom. The van der Waals surface area contributed by atoms with Gasteiger partial charge in [0, 0.05) is 28.7 Å². The smallest absolute Gasteiger partial charge is 0.303 e. The van der Waals surface area contributed by atoms with Crippen molar-refractivity contribution in [3.8, 4) is 11.3 Å². The molecular weight excluding hydrogens is 498 g/mol. The summed E-state index contributed by atoms with van der Waals surface area (Å²) in [7, 11) is 0. The predicted molar refractivity (Wildman–Crippen MR) is 149 cm³/mol. The first-order valence-corrected chi connectivity index (χ1v) is 13.3. The van der Waals surface area contributed by atoms with E-state index in [1.165, 1.54) is 11.3 Å². The fraction of sp³-hybridized carbons (Fsp3) is 0.172. The average Bonchev–Trinajstić information content (AvgIpc) is 3.53. The van der Waals surface area contributed by atoms with Crippen LogP contribution in [0.25, 0.3) is 22.3 Å². The lowest BCUT2D eigenvalue weighted by Gasteiger charge is -2.23. The molecule has 6 rings (SSSR count). The van der Waals surface area contributed by atoms with E-state index in [0.717, 1.165) is 44.2 Å². The van der Waals surface area contributed by atoms with Gasteiger partial charge in [0.05, 0.1) is 29.7 Å². The molecule has 3 aromatic carbocycles. The molecule has 2 aromatic heterocycles. The van der Waals surface area contributed by atoms with Crippen LogP contribution >= 0.6 is 11.3 Å². The first kappa shape index (κ1) is 23.9. The van der Waals surface area contributed by atoms with Crippen LogP contribution in [0.15, 0.2) is 78.2 Å². The van der Waals surface area contributed by atoms with Gasteiger partial charge in [-0.15, -0.1) is 11.3 Å². The first-order valence-electron chi connectivity index (χ1n) is 12.4. The molecule has 1 atom stereocenters. The summed E-state index contributed by atoms with van der Waals surface area (Å²) < 4.78 is 0. The lowest BCUT2D eigenvalue weighted by Crippen LogP contribution is -2.29. The van der Waals surface area contributed by atoms with Gasteiger partial charge in [-0.05, 0) is 48.2 Å². The Kier molecular flexibility index (Phi) is 6.35. The van der Waals surface area contributed by atoms with Crippen molar-refractivity contribution in [1.82, 2.24) is 15.0 Å². The summed E-state index contributed by atoms with van der Waals surface area (Å²) in [6, 6.07) is 23.5. The summed E-state index contributed by atoms with van der Waals surface area (Å²) in [6.45, 7) is 0.353. The summed E-state index contributed by atoms with van der Waals surface area (Å²) in [4.78, 5) is 38.9. The van der Waals surface area contributed by atoms with Crippen molar-refractivity contribution < 1.29 is 14.7 Å². The summed E-state index contributed by atoms with van der Waals surface area (Å²) in [5.41, 5.74) is 6.30. The Morgan fingerprint density at radius 2 is 1.84 bits per heavy atom. The van der Waals surface area contributed by atoms with Crippen LogP contribution in [0, 0.1) is 0 Å². The van der Waals surface area contributed by atoms with Gasteiger partial charge in [0.2, 0.25) is 11.9 Å². The molecule has 5 aromatic rings. The topological polar surface area (TPSA) is 111 Å². The average molecular weight is 524 g/mol. The van der Waals surface area contributed by atoms with E-state index < -0.39 is 5.97 Å². The second kappa shape index (κ2) is 10.1. The van der Waals surface area contributed by atoms with Gasteiger partial charge in [0.15, 0.2) is 0 Å². The number of nitrogens with zero attached hydrogens (tertiary/aromatic N) is 3. The molecule has 0 radical (unpaired) electrons. The van der Waals surface area contributed by atoms with Gasteiger partial charge >= 0.3 is 5.97 Å². The minimum atomic E-state index is -0.853. The van der Waals surface area contributed by atoms with Crippen molar-refractivity contribution in [2.45, 2.75) is 31.7 Å². The third kappa shape index (κ3) is 4.88. The number of hydrogen-bond acceptors (Lipinski definition) is 6. The van der Waals surface area contributed by atoms with Crippen molar-refractivity contribution in [3.05, 3.63) is 88.7 Å². The summed E-state index contributed by atoms with van der Waals surface area (Å²) in [5.74, 6) is -0.365. The highest BCUT2D eigenvalue weighted by molar-refractivity contribution is 7.10. The van der Waals surface area contributed by atoms with Crippen LogP contribution in [0.1, 0.15) is 35.8 Å². The lowest BCUT2D eigenvalue weighted by atomic mass is 9.91. The van der Waals surface area contributed by atoms with Gasteiger partial charge in [-0.25, -0.2) is 9.97 Å². The van der Waals surface area contributed by atoms with Gasteiger partial charge in [0.1, 0.15) is 5.01 Å². The first-order chi connectivity index (χ1) is 18.5. The van der Waals surface area contributed by atoms with Gasteiger partial charge < -0.3 is 20.3 Å². The number of carbonyl (C=O) groups is 2. The highest BCUT2D eigenvalue weighted by Gasteiger charge is 2.29. The van der Waals surface area contributed by atoms with Crippen LogP contribution in [0.3, 0.4) is 0 Å². The van der Waals surface area contributed by atoms with Crippen LogP contribution in [0.5, 0.6) is 0 Å². The largest absolute Gasteiger partial charge is 0.481 e. The Balaban J connectivity index is 1.19. The molecule has 1 amide bonds. The molecular formula is C29H25N5O3S. The summed E-state index contributed by atoms with van der Waals surface area (Å²) in [6.07, 6.45) is 0.849. The van der Waals surface area contributed by atoms with Crippen molar-refractivity contribution >= 4 is 51.6 Å². The van der Waals surface area contributed by atoms with E-state index in [9.17, 15) is 14.7 Å². The fourth-order valence-electron chi connectivity index (χ4n) is 4.92. The number of aromatic nitrogens is 3. The zero-order chi connectivity index (χ0) is 26.1. The van der Waals surface area contributed by atoms with Gasteiger partial charge in [0.25, 0.3) is 0 Å². The number of amides is 1. The molecule has 8 nitrogen and oxygen atoms in total. The van der Waals surface area contributed by atoms with Crippen molar-refractivity contribution in [2.24, 2.45) is 0 Å². The maximum absolute atomic E-state index is 13.1. The minimum Gasteiger partial charge on any atom is -0.481 e. The molecule has 1 unspecified atom stereocenters. The lowest BCUT2D eigenvalue weighted by molar-refractivity contribution is -0.137. The van der Waals surface area contributed by atoms with Crippen LogP contribution in [0.4, 0.5) is 17.3 Å². The molecule has 0 fully saturated rings. The van der Waals surface area contributed by atoms with E-state index >= 15 is 0 Å². The molecule has 1 aliphatic rings. The normalized spacial score (nSPS) is 15.3. The number of carboxylic acid groups (broad SMARTS) is 1. The third-order valence-corrected chi connectivity index (χ3v) is 7.61. The number of para-hydroxylation sites is 3. The molecule has 9 heteroatoms. The molecule has 1 aliphatic heterocycles. The maximum Gasteiger partial charge on any atom is 0.303 e. The van der Waals surface area contributed by atoms with Crippen LogP contribution in [-0.4, -0.2) is 31.9 Å². The van der Waals surface area contributed by atoms with Gasteiger partial charge in [-0.3, -0.25) is 9.59 Å². The highest BCUT2D eigenvalue weighted by atomic mass is 32.1. The Labute approximate surface area is 223 Å². The Hall–Kier alpha value is -4.50. The van der Waals surface area contributed by atoms with E-state index in [-0.39, 0.29) is 18.2 Å². The molecule has 0 aliphatic carbocycles. The predicted octanol–water partition coefficient (Wildman–Crippen LogP) is 6.32. The van der Waals surface area contributed by atoms with Gasteiger partial charge in [-0.2, -0.15) is 0 Å². The molecule has 3 heterocycles. The number of anilines is 3. The zero-order valence-electron chi connectivity index (χ0n) is 20.4. The van der Waals surface area contributed by atoms with Crippen LogP contribution in [-0.2, 0) is 16.1 Å². The fourth-order valence-corrected chi connectivity index (χ4v) is 5.71. The molecule has 190 valence electrons. The second-order valence-corrected chi connectivity index (χ2v) is 10.2. The van der Waals surface area contributed by atoms with Crippen molar-refractivity contribution in [2.75, 3.05) is 10.2 Å². The minimum absolute atomic E-state index is 0.0110. The summed E-state index contributed by atoms with van der Waals surface area (Å²) in [5, 5.41) is 15.5. The SMILES string of the molecule is O=C(O)CC1CCC(=O)N(Cc2nc(-c3ccc(Nc4nc5ccccc5[nH]4)cc3)cs2)c2ccccc21. The molecule has 0 saturated heterocycles. The number of thiazole rings is 1. The molecule has 0 spiro atoms. The Bertz CT molecular complexity index is 1590. The number of aliphatic carboxylic acids is 1. The number of H-pyrrole nitrogens is 1. The number of fused-ring (bicyclic) bond motifs is 2. The molecule has 38 heavy (non-hydrogen) atoms. The standard InChI is InChI=1S/C29H25N5O3S/c35-27-14-11-19(15-28(36)37)21-5-1-4-8-25(21)34(27)16-26-31-24(17-38-26)18-9-12-20(13-10-18)30-29-32-22-6-2-3-7-23(22)33-29/h1-10,12-13,17,19H,11,14-16H2,(H,36,37)(H2,30,32,33). The monoisotopic (exact) mass is 523 g/mol. The number of hydrogen-bond donors (Lipinski definition) is 3. The van der Waals surface area contributed by atoms with E-state index in [2.05, 4.69) is 15.3 Å². The Morgan fingerprint density at radius 3 is 2.66 bits per heavy atom. The maximum atomic E-state index is 13.1. The zero-order valence-corrected chi connectivity index (χ0v) is 21.2. The number of carboxylic acids is 1. The van der Waals surface area contributed by atoms with E-state index in [0.29, 0.717) is 25.3 Å². The summed E-state index contributed by atoms with van der Waals surface area (Å²) >= 11 is 1.51. The number of carbonyl (C=O) groups excluding carboxylic acids is 1. The van der Waals surface area contributed by atoms with E-state index in [4.69, 9.17) is 4.98 Å². The number of imidazole rings is 1. The van der Waals surface area contributed by atoms with Crippen LogP contribution < -0.4 is 10.2 Å². The number of aromatic amines is 1.